The van der Waals surface area contributed by atoms with Gasteiger partial charge in [0.15, 0.2) is 16.7 Å². The van der Waals surface area contributed by atoms with Crippen LogP contribution < -0.4 is 15.0 Å². The number of ether oxygens (including phenoxy) is 1. The Morgan fingerprint density at radius 3 is 2.76 bits per heavy atom. The van der Waals surface area contributed by atoms with Crippen molar-refractivity contribution in [1.29, 1.82) is 5.26 Å². The lowest BCUT2D eigenvalue weighted by Gasteiger charge is -2.33. The van der Waals surface area contributed by atoms with Crippen LogP contribution in [0.2, 0.25) is 0 Å². The Balaban J connectivity index is 1.49. The van der Waals surface area contributed by atoms with Gasteiger partial charge in [0.25, 0.3) is 0 Å². The molecule has 0 unspecified atom stereocenters. The molecule has 3 aromatic heterocycles. The van der Waals surface area contributed by atoms with Crippen molar-refractivity contribution >= 4 is 39.0 Å². The van der Waals surface area contributed by atoms with Crippen LogP contribution in [0.25, 0.3) is 10.9 Å². The normalized spacial score (nSPS) is 14.4. The monoisotopic (exact) mass is 464 g/mol. The molecule has 11 heteroatoms. The number of nitrogens with one attached hydrogen (secondary N) is 2. The van der Waals surface area contributed by atoms with Crippen LogP contribution in [0.15, 0.2) is 30.5 Å². The van der Waals surface area contributed by atoms with Gasteiger partial charge in [0.05, 0.1) is 6.20 Å². The third-order valence-electron chi connectivity index (χ3n) is 5.38. The molecule has 0 bridgehead atoms. The zero-order valence-corrected chi connectivity index (χ0v) is 18.9. The molecular formula is C22H21FN8OS. The number of thiazole rings is 1. The number of anilines is 3. The summed E-state index contributed by atoms with van der Waals surface area (Å²) in [4.78, 5) is 21.2. The summed E-state index contributed by atoms with van der Waals surface area (Å²) >= 11 is 1.22. The van der Waals surface area contributed by atoms with Gasteiger partial charge in [-0.05, 0) is 26.1 Å². The van der Waals surface area contributed by atoms with E-state index in [1.165, 1.54) is 23.6 Å². The standard InChI is InChI=1S/C22H21FN8OS/c1-13-7-14-8-18(16(23)9-17(14)26-13)32-21-27-19(28-22-25-12-15(11-24)33-22)10-20(29-21)31-5-3-30(2)4-6-31/h7-10,12,26H,3-6H2,1-2H3,(H,25,27,28,29). The molecule has 168 valence electrons. The van der Waals surface area contributed by atoms with Gasteiger partial charge >= 0.3 is 6.01 Å². The van der Waals surface area contributed by atoms with E-state index in [1.807, 2.05) is 13.0 Å². The van der Waals surface area contributed by atoms with E-state index in [0.29, 0.717) is 27.2 Å². The molecule has 1 fully saturated rings. The molecule has 0 aliphatic carbocycles. The van der Waals surface area contributed by atoms with Crippen molar-refractivity contribution in [2.75, 3.05) is 43.4 Å². The van der Waals surface area contributed by atoms with E-state index >= 15 is 0 Å². The Morgan fingerprint density at radius 1 is 1.18 bits per heavy atom. The number of aromatic nitrogens is 4. The fourth-order valence-corrected chi connectivity index (χ4v) is 4.29. The molecule has 1 aromatic carbocycles. The van der Waals surface area contributed by atoms with Crippen LogP contribution >= 0.6 is 11.3 Å². The van der Waals surface area contributed by atoms with Crippen LogP contribution in [0.5, 0.6) is 11.8 Å². The Morgan fingerprint density at radius 2 is 2.00 bits per heavy atom. The van der Waals surface area contributed by atoms with E-state index in [1.54, 1.807) is 12.1 Å². The average Bonchev–Trinajstić information content (AvgIpc) is 3.39. The van der Waals surface area contributed by atoms with E-state index in [0.717, 1.165) is 37.3 Å². The first-order valence-electron chi connectivity index (χ1n) is 10.4. The van der Waals surface area contributed by atoms with Gasteiger partial charge in [0.1, 0.15) is 22.6 Å². The van der Waals surface area contributed by atoms with Crippen molar-refractivity contribution < 1.29 is 9.13 Å². The van der Waals surface area contributed by atoms with Gasteiger partial charge in [-0.1, -0.05) is 11.3 Å². The van der Waals surface area contributed by atoms with Gasteiger partial charge in [0, 0.05) is 54.9 Å². The first-order chi connectivity index (χ1) is 16.0. The predicted octanol–water partition coefficient (Wildman–Crippen LogP) is 4.02. The van der Waals surface area contributed by atoms with E-state index < -0.39 is 5.82 Å². The van der Waals surface area contributed by atoms with E-state index in [2.05, 4.69) is 48.2 Å². The van der Waals surface area contributed by atoms with Crippen LogP contribution in [0.1, 0.15) is 10.6 Å². The van der Waals surface area contributed by atoms with Crippen LogP contribution in [0, 0.1) is 24.1 Å². The number of piperazine rings is 1. The maximum absolute atomic E-state index is 14.7. The number of nitriles is 1. The highest BCUT2D eigenvalue weighted by molar-refractivity contribution is 7.16. The van der Waals surface area contributed by atoms with Crippen LogP contribution in [-0.2, 0) is 0 Å². The molecule has 0 atom stereocenters. The molecule has 2 N–H and O–H groups in total. The second-order valence-corrected chi connectivity index (χ2v) is 8.91. The summed E-state index contributed by atoms with van der Waals surface area (Å²) < 4.78 is 20.6. The SMILES string of the molecule is Cc1cc2cc(Oc3nc(Nc4ncc(C#N)s4)cc(N4CCN(C)CC4)n3)c(F)cc2[nH]1. The van der Waals surface area contributed by atoms with E-state index in [4.69, 9.17) is 10.00 Å². The molecule has 0 amide bonds. The van der Waals surface area contributed by atoms with Crippen LogP contribution in [-0.4, -0.2) is 58.1 Å². The summed E-state index contributed by atoms with van der Waals surface area (Å²) in [6.07, 6.45) is 1.50. The molecule has 5 rings (SSSR count). The number of aromatic amines is 1. The van der Waals surface area contributed by atoms with Crippen molar-refractivity contribution in [3.8, 4) is 17.8 Å². The van der Waals surface area contributed by atoms with Gasteiger partial charge in [-0.3, -0.25) is 0 Å². The zero-order chi connectivity index (χ0) is 22.9. The van der Waals surface area contributed by atoms with E-state index in [9.17, 15) is 4.39 Å². The lowest BCUT2D eigenvalue weighted by atomic mass is 10.2. The summed E-state index contributed by atoms with van der Waals surface area (Å²) in [6, 6.07) is 8.86. The number of halogens is 1. The smallest absolute Gasteiger partial charge is 0.326 e. The minimum Gasteiger partial charge on any atom is -0.421 e. The average molecular weight is 465 g/mol. The Labute approximate surface area is 193 Å². The van der Waals surface area contributed by atoms with Crippen LogP contribution in [0.4, 0.5) is 21.2 Å². The highest BCUT2D eigenvalue weighted by atomic mass is 32.1. The van der Waals surface area contributed by atoms with Crippen molar-refractivity contribution in [3.63, 3.8) is 0 Å². The lowest BCUT2D eigenvalue weighted by molar-refractivity contribution is 0.311. The molecule has 4 heterocycles. The third kappa shape index (κ3) is 4.57. The summed E-state index contributed by atoms with van der Waals surface area (Å²) in [7, 11) is 2.08. The second-order valence-electron chi connectivity index (χ2n) is 7.88. The van der Waals surface area contributed by atoms with Gasteiger partial charge < -0.3 is 24.8 Å². The quantitative estimate of drug-likeness (QED) is 0.456. The first kappa shape index (κ1) is 21.1. The molecule has 0 spiro atoms. The number of nitrogens with zero attached hydrogens (tertiary/aromatic N) is 6. The summed E-state index contributed by atoms with van der Waals surface area (Å²) in [5.74, 6) is 0.661. The Hall–Kier alpha value is -3.75. The Kier molecular flexibility index (Phi) is 5.53. The highest BCUT2D eigenvalue weighted by Gasteiger charge is 2.19. The molecule has 4 aromatic rings. The molecule has 9 nitrogen and oxygen atoms in total. The number of hydrogen-bond acceptors (Lipinski definition) is 9. The number of aryl methyl sites for hydroxylation is 1. The summed E-state index contributed by atoms with van der Waals surface area (Å²) in [6.45, 7) is 5.31. The number of likely N-dealkylation sites (N-methyl/N-ethyl adjacent to an activating group) is 1. The van der Waals surface area contributed by atoms with Gasteiger partial charge in [-0.25, -0.2) is 9.37 Å². The maximum Gasteiger partial charge on any atom is 0.326 e. The summed E-state index contributed by atoms with van der Waals surface area (Å²) in [5.41, 5.74) is 1.63. The Bertz CT molecular complexity index is 1350. The highest BCUT2D eigenvalue weighted by Crippen LogP contribution is 2.31. The van der Waals surface area contributed by atoms with E-state index in [-0.39, 0.29) is 11.8 Å². The largest absolute Gasteiger partial charge is 0.421 e. The second kappa shape index (κ2) is 8.65. The fraction of sp³-hybridized carbons (Fsp3) is 0.273. The first-order valence-corrected chi connectivity index (χ1v) is 11.2. The van der Waals surface area contributed by atoms with Crippen molar-refractivity contribution in [1.82, 2.24) is 24.8 Å². The zero-order valence-electron chi connectivity index (χ0n) is 18.1. The summed E-state index contributed by atoms with van der Waals surface area (Å²) in [5, 5.41) is 13.5. The number of fused-ring (bicyclic) bond motifs is 1. The predicted molar refractivity (Wildman–Crippen MR) is 125 cm³/mol. The van der Waals surface area contributed by atoms with Crippen LogP contribution in [0.3, 0.4) is 0 Å². The van der Waals surface area contributed by atoms with Crippen molar-refractivity contribution in [3.05, 3.63) is 46.9 Å². The number of rotatable bonds is 5. The van der Waals surface area contributed by atoms with Gasteiger partial charge in [-0.15, -0.1) is 0 Å². The molecule has 1 aliphatic rings. The fourth-order valence-electron chi connectivity index (χ4n) is 3.67. The maximum atomic E-state index is 14.7. The third-order valence-corrected chi connectivity index (χ3v) is 6.20. The minimum atomic E-state index is -0.508. The van der Waals surface area contributed by atoms with Crippen molar-refractivity contribution in [2.45, 2.75) is 6.92 Å². The molecule has 1 aliphatic heterocycles. The molecule has 0 saturated carbocycles. The number of benzene rings is 1. The van der Waals surface area contributed by atoms with Gasteiger partial charge in [-0.2, -0.15) is 15.2 Å². The minimum absolute atomic E-state index is 0.0245. The van der Waals surface area contributed by atoms with Crippen molar-refractivity contribution in [2.24, 2.45) is 0 Å². The lowest BCUT2D eigenvalue weighted by Crippen LogP contribution is -2.44. The molecular weight excluding hydrogens is 443 g/mol. The van der Waals surface area contributed by atoms with Gasteiger partial charge in [0.2, 0.25) is 0 Å². The molecule has 1 saturated heterocycles. The topological polar surface area (TPSA) is 106 Å². The molecule has 0 radical (unpaired) electrons. The molecule has 33 heavy (non-hydrogen) atoms. The number of H-pyrrole nitrogens is 1. The number of hydrogen-bond donors (Lipinski definition) is 2.